The Hall–Kier alpha value is -0.460. The van der Waals surface area contributed by atoms with Gasteiger partial charge in [0, 0.05) is 13.7 Å². The van der Waals surface area contributed by atoms with Gasteiger partial charge in [-0.1, -0.05) is 13.8 Å². The number of hydrogen-bond acceptors (Lipinski definition) is 1. The maximum absolute atomic E-state index is 3.33. The molecule has 1 aliphatic rings. The van der Waals surface area contributed by atoms with E-state index in [4.69, 9.17) is 0 Å². The predicted molar refractivity (Wildman–Crippen MR) is 42.3 cm³/mol. The van der Waals surface area contributed by atoms with Crippen LogP contribution in [0.15, 0.2) is 11.3 Å². The Morgan fingerprint density at radius 2 is 2.22 bits per heavy atom. The first-order valence-electron chi connectivity index (χ1n) is 3.65. The second kappa shape index (κ2) is 2.42. The summed E-state index contributed by atoms with van der Waals surface area (Å²) >= 11 is 0. The van der Waals surface area contributed by atoms with E-state index in [1.54, 1.807) is 5.57 Å². The second-order valence-corrected chi connectivity index (χ2v) is 2.98. The average Bonchev–Trinajstić information content (AvgIpc) is 2.13. The van der Waals surface area contributed by atoms with Crippen LogP contribution in [0.1, 0.15) is 28.6 Å². The highest BCUT2D eigenvalue weighted by Gasteiger charge is 2.11. The van der Waals surface area contributed by atoms with Gasteiger partial charge in [-0.2, -0.15) is 0 Å². The van der Waals surface area contributed by atoms with Gasteiger partial charge in [0.15, 0.2) is 0 Å². The molecule has 0 aromatic heterocycles. The number of nitrogens with one attached hydrogen (secondary N) is 1. The zero-order valence-corrected chi connectivity index (χ0v) is 6.49. The molecule has 0 amide bonds. The molecular weight excluding hydrogens is 110 g/mol. The Morgan fingerprint density at radius 3 is 2.44 bits per heavy atom. The zero-order valence-electron chi connectivity index (χ0n) is 6.49. The first kappa shape index (κ1) is 6.66. The van der Waals surface area contributed by atoms with Crippen LogP contribution in [0.3, 0.4) is 0 Å². The van der Waals surface area contributed by atoms with E-state index in [2.05, 4.69) is 26.1 Å². The van der Waals surface area contributed by atoms with Gasteiger partial charge in [-0.25, -0.2) is 0 Å². The van der Waals surface area contributed by atoms with Crippen LogP contribution in [0.25, 0.3) is 0 Å². The van der Waals surface area contributed by atoms with Gasteiger partial charge < -0.3 is 5.32 Å². The molecule has 0 unspecified atom stereocenters. The summed E-state index contributed by atoms with van der Waals surface area (Å²) in [5.41, 5.74) is 3.01. The van der Waals surface area contributed by atoms with E-state index >= 15 is 0 Å². The van der Waals surface area contributed by atoms with Crippen molar-refractivity contribution >= 4 is 0 Å². The van der Waals surface area contributed by atoms with Gasteiger partial charge in [0.2, 0.25) is 0 Å². The highest BCUT2D eigenvalue weighted by Crippen LogP contribution is 2.20. The molecule has 0 atom stereocenters. The largest absolute Gasteiger partial charge is 0.388 e. The van der Waals surface area contributed by atoms with E-state index in [0.717, 1.165) is 12.5 Å². The van der Waals surface area contributed by atoms with E-state index in [1.165, 1.54) is 12.1 Å². The highest BCUT2D eigenvalue weighted by atomic mass is 14.9. The van der Waals surface area contributed by atoms with Crippen LogP contribution in [-0.2, 0) is 0 Å². The summed E-state index contributed by atoms with van der Waals surface area (Å²) < 4.78 is 0. The quantitative estimate of drug-likeness (QED) is 0.569. The lowest BCUT2D eigenvalue weighted by atomic mass is 10.0. The number of allylic oxidation sites excluding steroid dienone is 1. The summed E-state index contributed by atoms with van der Waals surface area (Å²) in [6.07, 6.45) is 1.25. The molecule has 54 valence electrons. The van der Waals surface area contributed by atoms with Gasteiger partial charge in [0.05, 0.1) is 0 Å². The standard InChI is InChI=1S/C8H15N.H2/c1-6(2)8-4-5-9-7(8)3;/h6,9H,4-5H2,1-3H3;1H. The molecule has 0 saturated carbocycles. The SMILES string of the molecule is CC1=C(C(C)C)CCN1.[HH]. The molecule has 1 N–H and O–H groups in total. The Kier molecular flexibility index (Phi) is 1.79. The van der Waals surface area contributed by atoms with E-state index in [1.807, 2.05) is 0 Å². The van der Waals surface area contributed by atoms with Gasteiger partial charge >= 0.3 is 0 Å². The Bertz CT molecular complexity index is 138. The molecule has 0 aliphatic carbocycles. The maximum atomic E-state index is 3.33. The highest BCUT2D eigenvalue weighted by molar-refractivity contribution is 5.17. The lowest BCUT2D eigenvalue weighted by molar-refractivity contribution is 0.734. The molecule has 9 heavy (non-hydrogen) atoms. The molecule has 1 nitrogen and oxygen atoms in total. The van der Waals surface area contributed by atoms with Crippen molar-refractivity contribution in [3.05, 3.63) is 11.3 Å². The second-order valence-electron chi connectivity index (χ2n) is 2.98. The molecular formula is C8H17N. The molecule has 1 rings (SSSR count). The topological polar surface area (TPSA) is 12.0 Å². The Balaban J connectivity index is 0.000000810. The molecule has 0 aromatic rings. The van der Waals surface area contributed by atoms with E-state index in [9.17, 15) is 0 Å². The number of hydrogen-bond donors (Lipinski definition) is 1. The Morgan fingerprint density at radius 1 is 1.56 bits per heavy atom. The molecule has 1 heterocycles. The van der Waals surface area contributed by atoms with Crippen molar-refractivity contribution in [2.75, 3.05) is 6.54 Å². The summed E-state index contributed by atoms with van der Waals surface area (Å²) in [4.78, 5) is 0. The molecule has 1 aliphatic heterocycles. The van der Waals surface area contributed by atoms with Crippen molar-refractivity contribution in [1.29, 1.82) is 0 Å². The van der Waals surface area contributed by atoms with Gasteiger partial charge in [0.1, 0.15) is 0 Å². The normalized spacial score (nSPS) is 19.1. The van der Waals surface area contributed by atoms with Crippen LogP contribution < -0.4 is 5.32 Å². The fourth-order valence-electron chi connectivity index (χ4n) is 1.41. The lowest BCUT2D eigenvalue weighted by Crippen LogP contribution is -2.03. The fourth-order valence-corrected chi connectivity index (χ4v) is 1.41. The van der Waals surface area contributed by atoms with E-state index < -0.39 is 0 Å². The van der Waals surface area contributed by atoms with Crippen molar-refractivity contribution in [2.24, 2.45) is 5.92 Å². The molecule has 0 spiro atoms. The molecule has 0 saturated heterocycles. The van der Waals surface area contributed by atoms with Crippen molar-refractivity contribution in [3.8, 4) is 0 Å². The average molecular weight is 127 g/mol. The molecule has 0 fully saturated rings. The minimum absolute atomic E-state index is 0. The lowest BCUT2D eigenvalue weighted by Gasteiger charge is -2.05. The van der Waals surface area contributed by atoms with Crippen LogP contribution in [0, 0.1) is 5.92 Å². The molecule has 0 aromatic carbocycles. The third kappa shape index (κ3) is 1.26. The first-order valence-corrected chi connectivity index (χ1v) is 3.65. The molecule has 0 bridgehead atoms. The van der Waals surface area contributed by atoms with Crippen molar-refractivity contribution in [2.45, 2.75) is 27.2 Å². The number of rotatable bonds is 1. The van der Waals surface area contributed by atoms with Gasteiger partial charge in [-0.15, -0.1) is 0 Å². The van der Waals surface area contributed by atoms with Crippen LogP contribution in [0.2, 0.25) is 0 Å². The predicted octanol–water partition coefficient (Wildman–Crippen LogP) is 2.16. The monoisotopic (exact) mass is 127 g/mol. The third-order valence-electron chi connectivity index (χ3n) is 1.96. The van der Waals surface area contributed by atoms with E-state index in [-0.39, 0.29) is 1.43 Å². The summed E-state index contributed by atoms with van der Waals surface area (Å²) in [6.45, 7) is 7.83. The third-order valence-corrected chi connectivity index (χ3v) is 1.96. The van der Waals surface area contributed by atoms with Crippen LogP contribution in [0.5, 0.6) is 0 Å². The minimum Gasteiger partial charge on any atom is -0.388 e. The summed E-state index contributed by atoms with van der Waals surface area (Å²) in [6, 6.07) is 0. The van der Waals surface area contributed by atoms with Crippen molar-refractivity contribution in [1.82, 2.24) is 5.32 Å². The van der Waals surface area contributed by atoms with Crippen LogP contribution >= 0.6 is 0 Å². The molecule has 1 heteroatoms. The summed E-state index contributed by atoms with van der Waals surface area (Å²) in [5, 5.41) is 3.33. The molecule has 0 radical (unpaired) electrons. The smallest absolute Gasteiger partial charge is 0.0181 e. The van der Waals surface area contributed by atoms with E-state index in [0.29, 0.717) is 0 Å². The summed E-state index contributed by atoms with van der Waals surface area (Å²) in [7, 11) is 0. The van der Waals surface area contributed by atoms with Gasteiger partial charge in [-0.3, -0.25) is 0 Å². The maximum Gasteiger partial charge on any atom is 0.0181 e. The van der Waals surface area contributed by atoms with Crippen molar-refractivity contribution < 1.29 is 1.43 Å². The van der Waals surface area contributed by atoms with Gasteiger partial charge in [-0.05, 0) is 24.8 Å². The van der Waals surface area contributed by atoms with Gasteiger partial charge in [0.25, 0.3) is 0 Å². The van der Waals surface area contributed by atoms with Crippen LogP contribution in [-0.4, -0.2) is 6.54 Å². The van der Waals surface area contributed by atoms with Crippen LogP contribution in [0.4, 0.5) is 0 Å². The van der Waals surface area contributed by atoms with Crippen molar-refractivity contribution in [3.63, 3.8) is 0 Å². The summed E-state index contributed by atoms with van der Waals surface area (Å²) in [5.74, 6) is 0.736. The fraction of sp³-hybridized carbons (Fsp3) is 0.750. The zero-order chi connectivity index (χ0) is 6.85. The minimum atomic E-state index is 0. The first-order chi connectivity index (χ1) is 4.22. The Labute approximate surface area is 58.6 Å².